The number of carbonyl (C=O) groups excluding carboxylic acids is 7. The first-order chi connectivity index (χ1) is 25.9. The third-order valence-electron chi connectivity index (χ3n) is 10.2. The molecule has 4 rings (SSSR count). The van der Waals surface area contributed by atoms with Gasteiger partial charge in [-0.15, -0.1) is 0 Å². The lowest BCUT2D eigenvalue weighted by Gasteiger charge is -2.32. The number of hydrogen-bond donors (Lipinski definition) is 9. The number of hydrogen-bond acceptors (Lipinski definition) is 8. The van der Waals surface area contributed by atoms with Crippen molar-refractivity contribution >= 4 is 47.3 Å². The molecule has 0 unspecified atom stereocenters. The van der Waals surface area contributed by atoms with Crippen molar-refractivity contribution in [1.29, 1.82) is 5.41 Å². The Morgan fingerprint density at radius 2 is 1.61 bits per heavy atom. The molecule has 0 radical (unpaired) electrons. The van der Waals surface area contributed by atoms with Crippen LogP contribution in [0.25, 0.3) is 0 Å². The number of nitrogens with two attached hydrogens (primary N) is 1. The number of amides is 7. The Labute approximate surface area is 315 Å². The van der Waals surface area contributed by atoms with Gasteiger partial charge in [-0.05, 0) is 56.4 Å². The Morgan fingerprint density at radius 1 is 0.889 bits per heavy atom. The molecule has 1 aromatic rings. The van der Waals surface area contributed by atoms with Gasteiger partial charge in [0, 0.05) is 26.6 Å². The van der Waals surface area contributed by atoms with Gasteiger partial charge in [-0.25, -0.2) is 0 Å². The van der Waals surface area contributed by atoms with Gasteiger partial charge in [-0.3, -0.25) is 39.0 Å². The molecule has 3 fully saturated rings. The molecule has 0 bridgehead atoms. The predicted octanol–water partition coefficient (Wildman–Crippen LogP) is -0.431. The summed E-state index contributed by atoms with van der Waals surface area (Å²) in [4.78, 5) is 95.6. The largest absolute Gasteiger partial charge is 0.370 e. The highest BCUT2D eigenvalue weighted by Gasteiger charge is 2.40. The molecule has 0 aromatic heterocycles. The molecular weight excluding hydrogens is 696 g/mol. The monoisotopic (exact) mass is 752 g/mol. The van der Waals surface area contributed by atoms with Gasteiger partial charge < -0.3 is 47.9 Å². The van der Waals surface area contributed by atoms with E-state index in [1.165, 1.54) is 11.8 Å². The molecule has 10 N–H and O–H groups in total. The van der Waals surface area contributed by atoms with Gasteiger partial charge in [0.2, 0.25) is 41.4 Å². The van der Waals surface area contributed by atoms with E-state index < -0.39 is 78.1 Å². The molecule has 5 atom stereocenters. The fourth-order valence-corrected chi connectivity index (χ4v) is 7.40. The molecule has 3 aliphatic rings. The summed E-state index contributed by atoms with van der Waals surface area (Å²) >= 11 is 0. The fraction of sp³-hybridized carbons (Fsp3) is 0.622. The van der Waals surface area contributed by atoms with E-state index in [0.717, 1.165) is 32.1 Å². The van der Waals surface area contributed by atoms with Gasteiger partial charge in [0.05, 0.1) is 6.54 Å². The second-order valence-electron chi connectivity index (χ2n) is 14.3. The van der Waals surface area contributed by atoms with Crippen LogP contribution in [0.5, 0.6) is 0 Å². The van der Waals surface area contributed by atoms with Crippen LogP contribution in [0.2, 0.25) is 0 Å². The standard InChI is InChI=1S/C37H56N10O7/c1-23(48)43-31(25-13-6-3-7-14-25)35(53)45-27-16-9-18-40-32(50)26(15-8-19-41-37(38)39)44-30(49)22-42-33(51)28(21-24-11-4-2-5-12-24)46-34(52)29-17-10-20-47(29)36(27)54/h3,6-7,13-14,24,26-29,31H,2,4-5,8-12,15-22H2,1H3,(H,40,50)(H,42,51)(H,43,48)(H,44,49)(H,45,53)(H,46,52)(H4,38,39,41)/t26-,27-,28+,29-,31-/m0/s1. The molecule has 1 saturated carbocycles. The Hall–Kier alpha value is -5.22. The van der Waals surface area contributed by atoms with E-state index in [1.54, 1.807) is 30.3 Å². The van der Waals surface area contributed by atoms with Crippen molar-refractivity contribution in [2.75, 3.05) is 26.2 Å². The molecule has 0 spiro atoms. The smallest absolute Gasteiger partial charge is 0.247 e. The Kier molecular flexibility index (Phi) is 16.1. The molecule has 17 heteroatoms. The van der Waals surface area contributed by atoms with Crippen LogP contribution in [-0.2, 0) is 33.6 Å². The highest BCUT2D eigenvalue weighted by atomic mass is 16.2. The number of nitrogens with one attached hydrogen (secondary N) is 8. The molecule has 54 heavy (non-hydrogen) atoms. The number of fused-ring (bicyclic) bond motifs is 1. The Bertz CT molecular complexity index is 1500. The van der Waals surface area contributed by atoms with Crippen molar-refractivity contribution in [2.45, 2.75) is 114 Å². The molecule has 7 amide bonds. The van der Waals surface area contributed by atoms with Crippen molar-refractivity contribution in [2.24, 2.45) is 11.7 Å². The quantitative estimate of drug-likeness (QED) is 0.0853. The molecule has 2 saturated heterocycles. The van der Waals surface area contributed by atoms with Gasteiger partial charge in [-0.2, -0.15) is 0 Å². The summed E-state index contributed by atoms with van der Waals surface area (Å²) in [7, 11) is 0. The van der Waals surface area contributed by atoms with Crippen molar-refractivity contribution in [3.63, 3.8) is 0 Å². The minimum atomic E-state index is -1.11. The minimum Gasteiger partial charge on any atom is -0.370 e. The first-order valence-electron chi connectivity index (χ1n) is 19.1. The van der Waals surface area contributed by atoms with Crippen LogP contribution in [-0.4, -0.2) is 103 Å². The number of rotatable bonds is 10. The second-order valence-corrected chi connectivity index (χ2v) is 14.3. The normalized spacial score (nSPS) is 24.3. The zero-order valence-corrected chi connectivity index (χ0v) is 31.0. The summed E-state index contributed by atoms with van der Waals surface area (Å²) < 4.78 is 0. The minimum absolute atomic E-state index is 0.0868. The average Bonchev–Trinajstić information content (AvgIpc) is 3.65. The summed E-state index contributed by atoms with van der Waals surface area (Å²) in [6, 6.07) is 3.57. The Morgan fingerprint density at radius 3 is 2.31 bits per heavy atom. The summed E-state index contributed by atoms with van der Waals surface area (Å²) in [5.74, 6) is -3.68. The summed E-state index contributed by atoms with van der Waals surface area (Å²) in [6.07, 6.45) is 7.14. The summed E-state index contributed by atoms with van der Waals surface area (Å²) in [6.45, 7) is 1.51. The van der Waals surface area contributed by atoms with E-state index in [0.29, 0.717) is 31.2 Å². The highest BCUT2D eigenvalue weighted by Crippen LogP contribution is 2.28. The van der Waals surface area contributed by atoms with Crippen LogP contribution in [0, 0.1) is 11.3 Å². The van der Waals surface area contributed by atoms with Gasteiger partial charge in [0.25, 0.3) is 0 Å². The molecule has 17 nitrogen and oxygen atoms in total. The van der Waals surface area contributed by atoms with E-state index in [4.69, 9.17) is 11.1 Å². The molecule has 296 valence electrons. The fourth-order valence-electron chi connectivity index (χ4n) is 7.40. The summed E-state index contributed by atoms with van der Waals surface area (Å²) in [5, 5.41) is 26.5. The van der Waals surface area contributed by atoms with E-state index in [9.17, 15) is 33.6 Å². The van der Waals surface area contributed by atoms with Gasteiger partial charge >= 0.3 is 0 Å². The van der Waals surface area contributed by atoms with E-state index >= 15 is 0 Å². The van der Waals surface area contributed by atoms with Crippen molar-refractivity contribution in [1.82, 2.24) is 42.1 Å². The first kappa shape index (κ1) is 41.5. The van der Waals surface area contributed by atoms with Crippen LogP contribution in [0.4, 0.5) is 0 Å². The lowest BCUT2D eigenvalue weighted by Crippen LogP contribution is -2.58. The third kappa shape index (κ3) is 12.7. The van der Waals surface area contributed by atoms with Crippen molar-refractivity contribution in [3.05, 3.63) is 35.9 Å². The van der Waals surface area contributed by atoms with Crippen LogP contribution in [0.1, 0.15) is 95.6 Å². The van der Waals surface area contributed by atoms with E-state index in [1.807, 2.05) is 0 Å². The molecule has 1 aromatic carbocycles. The number of guanidine groups is 1. The average molecular weight is 753 g/mol. The van der Waals surface area contributed by atoms with Crippen LogP contribution >= 0.6 is 0 Å². The second kappa shape index (κ2) is 20.9. The zero-order chi connectivity index (χ0) is 39.0. The van der Waals surface area contributed by atoms with E-state index in [2.05, 4.69) is 37.2 Å². The van der Waals surface area contributed by atoms with Crippen molar-refractivity contribution < 1.29 is 33.6 Å². The topological polar surface area (TPSA) is 257 Å². The highest BCUT2D eigenvalue weighted by molar-refractivity contribution is 5.97. The van der Waals surface area contributed by atoms with E-state index in [-0.39, 0.29) is 50.8 Å². The predicted molar refractivity (Wildman–Crippen MR) is 199 cm³/mol. The van der Waals surface area contributed by atoms with Gasteiger partial charge in [-0.1, -0.05) is 62.4 Å². The van der Waals surface area contributed by atoms with Crippen LogP contribution in [0.3, 0.4) is 0 Å². The molecular formula is C37H56N10O7. The SMILES string of the molecule is CC(=O)N[C@H](C(=O)N[C@H]1CCCNC(=O)[C@H](CCCNC(=N)N)NC(=O)CNC(=O)[C@@H](CC2CCCCC2)NC(=O)[C@@H]2CCCN2C1=O)c1ccccc1. The summed E-state index contributed by atoms with van der Waals surface area (Å²) in [5.41, 5.74) is 5.88. The lowest BCUT2D eigenvalue weighted by molar-refractivity contribution is -0.142. The van der Waals surface area contributed by atoms with Crippen LogP contribution in [0.15, 0.2) is 30.3 Å². The van der Waals surface area contributed by atoms with Gasteiger partial charge in [0.1, 0.15) is 30.2 Å². The molecule has 2 aliphatic heterocycles. The number of benzene rings is 1. The Balaban J connectivity index is 1.60. The number of nitrogens with zero attached hydrogens (tertiary/aromatic N) is 1. The number of carbonyl (C=O) groups is 7. The van der Waals surface area contributed by atoms with Crippen molar-refractivity contribution in [3.8, 4) is 0 Å². The van der Waals surface area contributed by atoms with Gasteiger partial charge in [0.15, 0.2) is 5.96 Å². The third-order valence-corrected chi connectivity index (χ3v) is 10.2. The maximum absolute atomic E-state index is 14.3. The maximum Gasteiger partial charge on any atom is 0.247 e. The zero-order valence-electron chi connectivity index (χ0n) is 31.0. The van der Waals surface area contributed by atoms with Crippen LogP contribution < -0.4 is 43.0 Å². The molecule has 1 aliphatic carbocycles. The molecule has 2 heterocycles. The maximum atomic E-state index is 14.3. The lowest BCUT2D eigenvalue weighted by atomic mass is 9.84. The first-order valence-corrected chi connectivity index (χ1v) is 19.1.